The van der Waals surface area contributed by atoms with Crippen molar-refractivity contribution >= 4 is 11.3 Å². The van der Waals surface area contributed by atoms with Crippen molar-refractivity contribution in [3.8, 4) is 11.1 Å². The van der Waals surface area contributed by atoms with E-state index in [1.165, 1.54) is 5.56 Å². The summed E-state index contributed by atoms with van der Waals surface area (Å²) >= 11 is 1.66. The van der Waals surface area contributed by atoms with E-state index in [0.717, 1.165) is 5.56 Å². The van der Waals surface area contributed by atoms with Crippen molar-refractivity contribution in [2.75, 3.05) is 0 Å². The molecule has 0 amide bonds. The third kappa shape index (κ3) is 1.30. The molecule has 2 heteroatoms. The van der Waals surface area contributed by atoms with Gasteiger partial charge in [0.2, 0.25) is 0 Å². The fourth-order valence-electron chi connectivity index (χ4n) is 0.916. The molecule has 2 aromatic rings. The first-order valence-corrected chi connectivity index (χ1v) is 4.25. The molecule has 0 aliphatic heterocycles. The third-order valence-electron chi connectivity index (χ3n) is 1.46. The third-order valence-corrected chi connectivity index (χ3v) is 2.09. The van der Waals surface area contributed by atoms with Crippen LogP contribution in [0.3, 0.4) is 0 Å². The highest BCUT2D eigenvalue weighted by molar-refractivity contribution is 7.08. The molecule has 11 heavy (non-hydrogen) atoms. The lowest BCUT2D eigenvalue weighted by Crippen LogP contribution is -1.72. The van der Waals surface area contributed by atoms with E-state index in [0.29, 0.717) is 0 Å². The van der Waals surface area contributed by atoms with Crippen LogP contribution < -0.4 is 0 Å². The quantitative estimate of drug-likeness (QED) is 0.625. The molecule has 2 heterocycles. The van der Waals surface area contributed by atoms with E-state index in [4.69, 9.17) is 0 Å². The van der Waals surface area contributed by atoms with Crippen molar-refractivity contribution < 1.29 is 0 Å². The molecular weight excluding hydrogens is 154 g/mol. The van der Waals surface area contributed by atoms with E-state index >= 15 is 0 Å². The summed E-state index contributed by atoms with van der Waals surface area (Å²) in [6.45, 7) is 0. The van der Waals surface area contributed by atoms with E-state index < -0.39 is 0 Å². The van der Waals surface area contributed by atoms with Gasteiger partial charge in [-0.1, -0.05) is 0 Å². The number of hydrogen-bond acceptors (Lipinski definition) is 2. The van der Waals surface area contributed by atoms with Crippen molar-refractivity contribution in [1.82, 2.24) is 4.98 Å². The van der Waals surface area contributed by atoms with E-state index in [2.05, 4.69) is 16.4 Å². The van der Waals surface area contributed by atoms with Crippen LogP contribution in [0.25, 0.3) is 11.1 Å². The number of aromatic nitrogens is 1. The summed E-state index contributed by atoms with van der Waals surface area (Å²) in [4.78, 5) is 3.94. The molecule has 0 aromatic carbocycles. The van der Waals surface area contributed by atoms with E-state index in [1.807, 2.05) is 17.5 Å². The Bertz CT molecular complexity index is 313. The van der Waals surface area contributed by atoms with Gasteiger partial charge in [-0.25, -0.2) is 0 Å². The van der Waals surface area contributed by atoms with Crippen LogP contribution in [0.15, 0.2) is 35.3 Å². The molecule has 0 aliphatic carbocycles. The van der Waals surface area contributed by atoms with Gasteiger partial charge in [-0.2, -0.15) is 11.3 Å². The fourth-order valence-corrected chi connectivity index (χ4v) is 1.52. The van der Waals surface area contributed by atoms with Crippen LogP contribution in [-0.2, 0) is 0 Å². The van der Waals surface area contributed by atoms with Gasteiger partial charge >= 0.3 is 0 Å². The first kappa shape index (κ1) is 6.55. The molecule has 1 radical (unpaired) electrons. The highest BCUT2D eigenvalue weighted by Gasteiger charge is 1.94. The highest BCUT2D eigenvalue weighted by Crippen LogP contribution is 2.19. The molecule has 2 aromatic heterocycles. The predicted octanol–water partition coefficient (Wildman–Crippen LogP) is 2.61. The van der Waals surface area contributed by atoms with Crippen LogP contribution in [0.1, 0.15) is 0 Å². The topological polar surface area (TPSA) is 12.9 Å². The Morgan fingerprint density at radius 1 is 1.27 bits per heavy atom. The maximum Gasteiger partial charge on any atom is 0.0273 e. The molecule has 0 saturated carbocycles. The van der Waals surface area contributed by atoms with Crippen molar-refractivity contribution in [2.45, 2.75) is 0 Å². The highest BCUT2D eigenvalue weighted by atomic mass is 32.1. The molecule has 0 fully saturated rings. The Balaban J connectivity index is 2.46. The predicted molar refractivity (Wildman–Crippen MR) is 46.4 cm³/mol. The minimum absolute atomic E-state index is 1.15. The maximum atomic E-state index is 3.94. The Hall–Kier alpha value is -1.15. The second-order valence-corrected chi connectivity index (χ2v) is 2.91. The van der Waals surface area contributed by atoms with Gasteiger partial charge in [-0.05, 0) is 28.5 Å². The largest absolute Gasteiger partial charge is 0.265 e. The fraction of sp³-hybridized carbons (Fsp3) is 0. The van der Waals surface area contributed by atoms with Crippen LogP contribution in [0.4, 0.5) is 0 Å². The average molecular weight is 160 g/mol. The summed E-state index contributed by atoms with van der Waals surface area (Å²) < 4.78 is 0. The van der Waals surface area contributed by atoms with E-state index in [1.54, 1.807) is 23.7 Å². The lowest BCUT2D eigenvalue weighted by molar-refractivity contribution is 1.33. The van der Waals surface area contributed by atoms with Gasteiger partial charge in [0.15, 0.2) is 0 Å². The van der Waals surface area contributed by atoms with Crippen LogP contribution >= 0.6 is 11.3 Å². The Morgan fingerprint density at radius 2 is 2.09 bits per heavy atom. The lowest BCUT2D eigenvalue weighted by atomic mass is 10.1. The van der Waals surface area contributed by atoms with Gasteiger partial charge in [-0.15, -0.1) is 0 Å². The van der Waals surface area contributed by atoms with Crippen molar-refractivity contribution in [3.63, 3.8) is 0 Å². The SMILES string of the molecule is [c]1cscc1-c1ccncc1. The van der Waals surface area contributed by atoms with Crippen LogP contribution in [0.5, 0.6) is 0 Å². The Morgan fingerprint density at radius 3 is 2.73 bits per heavy atom. The zero-order valence-electron chi connectivity index (χ0n) is 5.82. The van der Waals surface area contributed by atoms with Crippen molar-refractivity contribution in [2.24, 2.45) is 0 Å². The molecule has 53 valence electrons. The zero-order valence-corrected chi connectivity index (χ0v) is 6.64. The maximum absolute atomic E-state index is 3.94. The van der Waals surface area contributed by atoms with Crippen LogP contribution in [-0.4, -0.2) is 4.98 Å². The smallest absolute Gasteiger partial charge is 0.0273 e. The number of thiophene rings is 1. The molecule has 2 rings (SSSR count). The molecular formula is C9H6NS. The van der Waals surface area contributed by atoms with Gasteiger partial charge in [0.1, 0.15) is 0 Å². The average Bonchev–Trinajstić information content (AvgIpc) is 2.58. The number of pyridine rings is 1. The molecule has 0 atom stereocenters. The molecule has 0 aliphatic rings. The summed E-state index contributed by atoms with van der Waals surface area (Å²) in [6.07, 6.45) is 3.58. The van der Waals surface area contributed by atoms with Gasteiger partial charge < -0.3 is 0 Å². The molecule has 0 unspecified atom stereocenters. The standard InChI is InChI=1S/C9H6NS/c1-4-10-5-2-8(1)9-3-6-11-7-9/h1-2,4-7H. The summed E-state index contributed by atoms with van der Waals surface area (Å²) in [5, 5.41) is 4.03. The monoisotopic (exact) mass is 160 g/mol. The Labute approximate surface area is 69.3 Å². The summed E-state index contributed by atoms with van der Waals surface area (Å²) in [5.41, 5.74) is 2.33. The molecule has 0 N–H and O–H groups in total. The van der Waals surface area contributed by atoms with Gasteiger partial charge in [0.25, 0.3) is 0 Å². The first-order valence-electron chi connectivity index (χ1n) is 3.31. The van der Waals surface area contributed by atoms with E-state index in [9.17, 15) is 0 Å². The normalized spacial score (nSPS) is 9.82. The Kier molecular flexibility index (Phi) is 1.69. The zero-order chi connectivity index (χ0) is 7.52. The molecule has 0 bridgehead atoms. The first-order chi connectivity index (χ1) is 5.47. The molecule has 0 spiro atoms. The van der Waals surface area contributed by atoms with Crippen molar-refractivity contribution in [1.29, 1.82) is 0 Å². The van der Waals surface area contributed by atoms with Gasteiger partial charge in [-0.3, -0.25) is 4.98 Å². The number of nitrogens with zero attached hydrogens (tertiary/aromatic N) is 1. The molecule has 0 saturated heterocycles. The second kappa shape index (κ2) is 2.84. The van der Waals surface area contributed by atoms with Gasteiger partial charge in [0, 0.05) is 24.0 Å². The number of rotatable bonds is 1. The summed E-state index contributed by atoms with van der Waals surface area (Å²) in [7, 11) is 0. The van der Waals surface area contributed by atoms with Gasteiger partial charge in [0.05, 0.1) is 0 Å². The second-order valence-electron chi connectivity index (χ2n) is 2.17. The van der Waals surface area contributed by atoms with E-state index in [-0.39, 0.29) is 0 Å². The van der Waals surface area contributed by atoms with Crippen LogP contribution in [0, 0.1) is 6.07 Å². The summed E-state index contributed by atoms with van der Waals surface area (Å²) in [5.74, 6) is 0. The summed E-state index contributed by atoms with van der Waals surface area (Å²) in [6, 6.07) is 7.11. The van der Waals surface area contributed by atoms with Crippen LogP contribution in [0.2, 0.25) is 0 Å². The lowest BCUT2D eigenvalue weighted by Gasteiger charge is -1.92. The number of hydrogen-bond donors (Lipinski definition) is 0. The van der Waals surface area contributed by atoms with Crippen molar-refractivity contribution in [3.05, 3.63) is 41.4 Å². The molecule has 1 nitrogen and oxygen atoms in total. The minimum Gasteiger partial charge on any atom is -0.265 e. The minimum atomic E-state index is 1.15.